The van der Waals surface area contributed by atoms with Gasteiger partial charge in [0.2, 0.25) is 0 Å². The molecule has 0 spiro atoms. The summed E-state index contributed by atoms with van der Waals surface area (Å²) in [4.78, 5) is 4.98. The Morgan fingerprint density at radius 1 is 1.38 bits per heavy atom. The van der Waals surface area contributed by atoms with Crippen molar-refractivity contribution in [3.05, 3.63) is 0 Å². The van der Waals surface area contributed by atoms with Crippen molar-refractivity contribution in [2.75, 3.05) is 0 Å². The van der Waals surface area contributed by atoms with E-state index in [4.69, 9.17) is 10.7 Å². The first-order valence-corrected chi connectivity index (χ1v) is 5.43. The lowest BCUT2D eigenvalue weighted by molar-refractivity contribution is -0.146. The maximum atomic E-state index is 5.27. The predicted molar refractivity (Wildman–Crippen MR) is 52.8 cm³/mol. The molecule has 4 unspecified atom stereocenters. The number of rotatable bonds is 2. The highest BCUT2D eigenvalue weighted by Gasteiger charge is 2.55. The summed E-state index contributed by atoms with van der Waals surface area (Å²) in [6.45, 7) is 6.92. The first-order valence-electron chi connectivity index (χ1n) is 5.43. The van der Waals surface area contributed by atoms with Crippen LogP contribution in [-0.4, -0.2) is 6.10 Å². The van der Waals surface area contributed by atoms with Crippen molar-refractivity contribution in [2.24, 2.45) is 29.1 Å². The minimum Gasteiger partial charge on any atom is -0.301 e. The first kappa shape index (κ1) is 9.47. The van der Waals surface area contributed by atoms with Gasteiger partial charge in [0.25, 0.3) is 0 Å². The van der Waals surface area contributed by atoms with E-state index >= 15 is 0 Å². The van der Waals surface area contributed by atoms with E-state index < -0.39 is 0 Å². The highest BCUT2D eigenvalue weighted by atomic mass is 16.6. The zero-order chi connectivity index (χ0) is 9.64. The molecule has 3 saturated carbocycles. The largest absolute Gasteiger partial charge is 0.301 e. The summed E-state index contributed by atoms with van der Waals surface area (Å²) in [6, 6.07) is 0. The van der Waals surface area contributed by atoms with Crippen LogP contribution in [0, 0.1) is 23.2 Å². The Morgan fingerprint density at radius 2 is 2.08 bits per heavy atom. The molecule has 3 fully saturated rings. The Labute approximate surface area is 80.8 Å². The summed E-state index contributed by atoms with van der Waals surface area (Å²) in [7, 11) is 0. The highest BCUT2D eigenvalue weighted by molar-refractivity contribution is 5.04. The number of hydrogen-bond acceptors (Lipinski definition) is 2. The molecule has 2 N–H and O–H groups in total. The van der Waals surface area contributed by atoms with E-state index in [9.17, 15) is 0 Å². The topological polar surface area (TPSA) is 35.2 Å². The maximum absolute atomic E-state index is 5.27. The second-order valence-corrected chi connectivity index (χ2v) is 5.44. The number of hydrogen-bond donors (Lipinski definition) is 1. The van der Waals surface area contributed by atoms with Crippen molar-refractivity contribution in [2.45, 2.75) is 46.1 Å². The minimum atomic E-state index is 0.241. The first-order chi connectivity index (χ1) is 6.07. The van der Waals surface area contributed by atoms with Gasteiger partial charge >= 0.3 is 0 Å². The molecule has 2 heteroatoms. The lowest BCUT2D eigenvalue weighted by atomic mass is 9.45. The summed E-state index contributed by atoms with van der Waals surface area (Å²) in [5, 5.41) is 0. The van der Waals surface area contributed by atoms with E-state index in [0.717, 1.165) is 11.8 Å². The molecule has 76 valence electrons. The van der Waals surface area contributed by atoms with Gasteiger partial charge in [-0.05, 0) is 49.4 Å². The van der Waals surface area contributed by atoms with Crippen LogP contribution in [-0.2, 0) is 4.84 Å². The molecule has 13 heavy (non-hydrogen) atoms. The molecule has 2 nitrogen and oxygen atoms in total. The van der Waals surface area contributed by atoms with E-state index in [1.807, 2.05) is 0 Å². The summed E-state index contributed by atoms with van der Waals surface area (Å²) in [6.07, 6.45) is 4.34. The molecule has 0 amide bonds. The fourth-order valence-corrected chi connectivity index (χ4v) is 3.53. The fourth-order valence-electron chi connectivity index (χ4n) is 3.53. The summed E-state index contributed by atoms with van der Waals surface area (Å²) in [5.74, 6) is 7.79. The highest BCUT2D eigenvalue weighted by Crippen LogP contribution is 2.62. The molecule has 0 aromatic carbocycles. The molecule has 2 bridgehead atoms. The van der Waals surface area contributed by atoms with Gasteiger partial charge in [-0.1, -0.05) is 13.8 Å². The van der Waals surface area contributed by atoms with E-state index in [1.54, 1.807) is 0 Å². The third-order valence-corrected chi connectivity index (χ3v) is 4.73. The maximum Gasteiger partial charge on any atom is 0.0790 e. The molecule has 0 aliphatic heterocycles. The van der Waals surface area contributed by atoms with Gasteiger partial charge in [-0.3, -0.25) is 0 Å². The molecule has 3 aliphatic rings. The van der Waals surface area contributed by atoms with Crippen molar-refractivity contribution in [1.82, 2.24) is 0 Å². The Morgan fingerprint density at radius 3 is 2.54 bits per heavy atom. The van der Waals surface area contributed by atoms with E-state index in [-0.39, 0.29) is 6.10 Å². The van der Waals surface area contributed by atoms with Gasteiger partial charge in [0.05, 0.1) is 6.10 Å². The van der Waals surface area contributed by atoms with E-state index in [2.05, 4.69) is 20.8 Å². The van der Waals surface area contributed by atoms with Crippen molar-refractivity contribution in [3.8, 4) is 0 Å². The van der Waals surface area contributed by atoms with Crippen molar-refractivity contribution in [3.63, 3.8) is 0 Å². The molecule has 0 saturated heterocycles. The van der Waals surface area contributed by atoms with Gasteiger partial charge < -0.3 is 4.84 Å². The Balaban J connectivity index is 2.07. The normalized spacial score (nSPS) is 43.8. The Bertz CT molecular complexity index is 200. The van der Waals surface area contributed by atoms with Crippen LogP contribution in [0.4, 0.5) is 0 Å². The van der Waals surface area contributed by atoms with Gasteiger partial charge in [-0.2, -0.15) is 0 Å². The van der Waals surface area contributed by atoms with Crippen LogP contribution >= 0.6 is 0 Å². The van der Waals surface area contributed by atoms with Gasteiger partial charge in [0.15, 0.2) is 0 Å². The lowest BCUT2D eigenvalue weighted by Gasteiger charge is -2.61. The molecular weight excluding hydrogens is 162 g/mol. The number of fused-ring (bicyclic) bond motifs is 2. The molecule has 3 aliphatic carbocycles. The summed E-state index contributed by atoms with van der Waals surface area (Å²) < 4.78 is 0. The Hall–Kier alpha value is -0.0800. The van der Waals surface area contributed by atoms with Crippen LogP contribution in [0.1, 0.15) is 40.0 Å². The zero-order valence-corrected chi connectivity index (χ0v) is 8.92. The standard InChI is InChI=1S/C11H21NO/c1-7(13-12)9-5-4-8-6-10(9)11(8,2)3/h7-10H,4-6,12H2,1-3H3. The third kappa shape index (κ3) is 1.23. The fraction of sp³-hybridized carbons (Fsp3) is 1.00. The molecule has 0 radical (unpaired) electrons. The molecule has 3 rings (SSSR count). The summed E-state index contributed by atoms with van der Waals surface area (Å²) >= 11 is 0. The van der Waals surface area contributed by atoms with Gasteiger partial charge in [0, 0.05) is 0 Å². The van der Waals surface area contributed by atoms with Gasteiger partial charge in [0.1, 0.15) is 0 Å². The van der Waals surface area contributed by atoms with Crippen LogP contribution in [0.5, 0.6) is 0 Å². The molecule has 0 aromatic heterocycles. The van der Waals surface area contributed by atoms with Crippen LogP contribution in [0.3, 0.4) is 0 Å². The van der Waals surface area contributed by atoms with Crippen molar-refractivity contribution in [1.29, 1.82) is 0 Å². The lowest BCUT2D eigenvalue weighted by Crippen LogP contribution is -2.55. The second kappa shape index (κ2) is 2.96. The quantitative estimate of drug-likeness (QED) is 0.667. The molecule has 0 heterocycles. The minimum absolute atomic E-state index is 0.241. The van der Waals surface area contributed by atoms with Crippen molar-refractivity contribution < 1.29 is 4.84 Å². The molecule has 4 atom stereocenters. The van der Waals surface area contributed by atoms with Crippen LogP contribution in [0.2, 0.25) is 0 Å². The van der Waals surface area contributed by atoms with Gasteiger partial charge in [-0.15, -0.1) is 0 Å². The van der Waals surface area contributed by atoms with Crippen molar-refractivity contribution >= 4 is 0 Å². The third-order valence-electron chi connectivity index (χ3n) is 4.73. The second-order valence-electron chi connectivity index (χ2n) is 5.44. The van der Waals surface area contributed by atoms with Crippen LogP contribution < -0.4 is 5.90 Å². The SMILES string of the molecule is CC(ON)C1CCC2CC1C2(C)C. The smallest absolute Gasteiger partial charge is 0.0790 e. The average Bonchev–Trinajstić information content (AvgIpc) is 2.16. The number of nitrogens with two attached hydrogens (primary N) is 1. The van der Waals surface area contributed by atoms with Crippen LogP contribution in [0.25, 0.3) is 0 Å². The average molecular weight is 183 g/mol. The predicted octanol–water partition coefficient (Wildman–Crippen LogP) is 2.34. The zero-order valence-electron chi connectivity index (χ0n) is 8.92. The monoisotopic (exact) mass is 183 g/mol. The molecular formula is C11H21NO. The van der Waals surface area contributed by atoms with Crippen LogP contribution in [0.15, 0.2) is 0 Å². The van der Waals surface area contributed by atoms with E-state index in [0.29, 0.717) is 11.3 Å². The molecule has 0 aromatic rings. The summed E-state index contributed by atoms with van der Waals surface area (Å²) in [5.41, 5.74) is 0.551. The Kier molecular flexibility index (Phi) is 2.16. The van der Waals surface area contributed by atoms with Gasteiger partial charge in [-0.25, -0.2) is 5.90 Å². The van der Waals surface area contributed by atoms with E-state index in [1.165, 1.54) is 19.3 Å².